The van der Waals surface area contributed by atoms with Crippen LogP contribution in [-0.4, -0.2) is 18.0 Å². The van der Waals surface area contributed by atoms with Crippen LogP contribution in [0.4, 0.5) is 0 Å². The molecule has 2 N–H and O–H groups in total. The van der Waals surface area contributed by atoms with Gasteiger partial charge in [0.15, 0.2) is 0 Å². The maximum absolute atomic E-state index is 5.65. The summed E-state index contributed by atoms with van der Waals surface area (Å²) in [6, 6.07) is 4.03. The fourth-order valence-corrected chi connectivity index (χ4v) is 2.52. The first-order chi connectivity index (χ1) is 7.99. The van der Waals surface area contributed by atoms with Crippen LogP contribution in [0.1, 0.15) is 38.7 Å². The molecule has 0 aliphatic carbocycles. The van der Waals surface area contributed by atoms with Gasteiger partial charge in [0, 0.05) is 6.54 Å². The fraction of sp³-hybridized carbons (Fsp3) is 0.714. The summed E-state index contributed by atoms with van der Waals surface area (Å²) in [5.41, 5.74) is 5.96. The van der Waals surface area contributed by atoms with Gasteiger partial charge in [0.1, 0.15) is 11.5 Å². The highest BCUT2D eigenvalue weighted by atomic mass is 16.3. The highest BCUT2D eigenvalue weighted by molar-refractivity contribution is 5.07. The zero-order valence-electron chi connectivity index (χ0n) is 11.2. The number of hydrogen-bond acceptors (Lipinski definition) is 3. The van der Waals surface area contributed by atoms with E-state index in [1.54, 1.807) is 0 Å². The van der Waals surface area contributed by atoms with Gasteiger partial charge in [0.25, 0.3) is 0 Å². The number of furan rings is 1. The van der Waals surface area contributed by atoms with Crippen molar-refractivity contribution in [1.82, 2.24) is 4.90 Å². The molecule has 0 aromatic carbocycles. The predicted molar refractivity (Wildman–Crippen MR) is 69.4 cm³/mol. The van der Waals surface area contributed by atoms with Gasteiger partial charge in [-0.15, -0.1) is 0 Å². The van der Waals surface area contributed by atoms with E-state index in [-0.39, 0.29) is 0 Å². The molecular formula is C14H24N2O. The normalized spacial score (nSPS) is 22.2. The molecule has 2 rings (SSSR count). The molecule has 3 nitrogen and oxygen atoms in total. The summed E-state index contributed by atoms with van der Waals surface area (Å²) >= 11 is 0. The van der Waals surface area contributed by atoms with Crippen LogP contribution in [0.15, 0.2) is 16.5 Å². The van der Waals surface area contributed by atoms with Crippen LogP contribution in [0.5, 0.6) is 0 Å². The first-order valence-electron chi connectivity index (χ1n) is 6.49. The zero-order chi connectivity index (χ0) is 12.5. The largest absolute Gasteiger partial charge is 0.463 e. The Hall–Kier alpha value is -0.800. The fourth-order valence-electron chi connectivity index (χ4n) is 2.52. The SMILES string of the molecule is CC(C)(C)C1CCN(Cc2ccc(CN)o2)C1. The summed E-state index contributed by atoms with van der Waals surface area (Å²) in [5, 5.41) is 0. The number of likely N-dealkylation sites (tertiary alicyclic amines) is 1. The summed E-state index contributed by atoms with van der Waals surface area (Å²) in [4.78, 5) is 2.48. The van der Waals surface area contributed by atoms with Crippen LogP contribution < -0.4 is 5.73 Å². The van der Waals surface area contributed by atoms with E-state index >= 15 is 0 Å². The first kappa shape index (κ1) is 12.7. The summed E-state index contributed by atoms with van der Waals surface area (Å²) in [6.45, 7) is 10.8. The van der Waals surface area contributed by atoms with Gasteiger partial charge in [-0.1, -0.05) is 20.8 Å². The van der Waals surface area contributed by atoms with Gasteiger partial charge in [0.05, 0.1) is 13.1 Å². The summed E-state index contributed by atoms with van der Waals surface area (Å²) in [6.07, 6.45) is 1.30. The minimum atomic E-state index is 0.417. The van der Waals surface area contributed by atoms with E-state index in [0.29, 0.717) is 12.0 Å². The topological polar surface area (TPSA) is 42.4 Å². The average Bonchev–Trinajstić information content (AvgIpc) is 2.86. The molecule has 0 spiro atoms. The monoisotopic (exact) mass is 236 g/mol. The maximum Gasteiger partial charge on any atom is 0.118 e. The molecule has 96 valence electrons. The minimum absolute atomic E-state index is 0.417. The second kappa shape index (κ2) is 4.83. The molecule has 1 aromatic heterocycles. The standard InChI is InChI=1S/C14H24N2O/c1-14(2,3)11-6-7-16(9-11)10-13-5-4-12(8-15)17-13/h4-5,11H,6-10,15H2,1-3H3. The number of hydrogen-bond donors (Lipinski definition) is 1. The molecular weight excluding hydrogens is 212 g/mol. The lowest BCUT2D eigenvalue weighted by Crippen LogP contribution is -2.25. The number of nitrogens with zero attached hydrogens (tertiary/aromatic N) is 1. The quantitative estimate of drug-likeness (QED) is 0.877. The van der Waals surface area contributed by atoms with Crippen LogP contribution in [0, 0.1) is 11.3 Å². The second-order valence-corrected chi connectivity index (χ2v) is 6.16. The Morgan fingerprint density at radius 2 is 2.06 bits per heavy atom. The van der Waals surface area contributed by atoms with Gasteiger partial charge < -0.3 is 10.2 Å². The van der Waals surface area contributed by atoms with Crippen molar-refractivity contribution in [3.63, 3.8) is 0 Å². The Morgan fingerprint density at radius 1 is 1.35 bits per heavy atom. The van der Waals surface area contributed by atoms with E-state index in [9.17, 15) is 0 Å². The summed E-state index contributed by atoms with van der Waals surface area (Å²) in [5.74, 6) is 2.72. The molecule has 2 heterocycles. The molecule has 17 heavy (non-hydrogen) atoms. The summed E-state index contributed by atoms with van der Waals surface area (Å²) < 4.78 is 5.65. The maximum atomic E-state index is 5.65. The smallest absolute Gasteiger partial charge is 0.118 e. The van der Waals surface area contributed by atoms with Crippen molar-refractivity contribution in [3.05, 3.63) is 23.7 Å². The van der Waals surface area contributed by atoms with Crippen molar-refractivity contribution in [2.45, 2.75) is 40.3 Å². The molecule has 1 fully saturated rings. The van der Waals surface area contributed by atoms with Crippen LogP contribution in [0.2, 0.25) is 0 Å². The van der Waals surface area contributed by atoms with Crippen molar-refractivity contribution in [2.24, 2.45) is 17.1 Å². The highest BCUT2D eigenvalue weighted by Gasteiger charge is 2.31. The highest BCUT2D eigenvalue weighted by Crippen LogP contribution is 2.34. The molecule has 0 bridgehead atoms. The van der Waals surface area contributed by atoms with Crippen LogP contribution in [0.25, 0.3) is 0 Å². The van der Waals surface area contributed by atoms with E-state index in [1.165, 1.54) is 19.5 Å². The number of nitrogens with two attached hydrogens (primary N) is 1. The van der Waals surface area contributed by atoms with E-state index in [0.717, 1.165) is 24.0 Å². The Labute approximate surface area is 104 Å². The van der Waals surface area contributed by atoms with E-state index < -0.39 is 0 Å². The molecule has 1 aromatic rings. The first-order valence-corrected chi connectivity index (χ1v) is 6.49. The van der Waals surface area contributed by atoms with Crippen LogP contribution in [0.3, 0.4) is 0 Å². The van der Waals surface area contributed by atoms with Crippen molar-refractivity contribution in [2.75, 3.05) is 13.1 Å². The Bertz CT molecular complexity index is 365. The molecule has 1 atom stereocenters. The molecule has 1 unspecified atom stereocenters. The van der Waals surface area contributed by atoms with Crippen LogP contribution in [-0.2, 0) is 13.1 Å². The Kier molecular flexibility index (Phi) is 3.59. The third-order valence-corrected chi connectivity index (χ3v) is 3.80. The van der Waals surface area contributed by atoms with Gasteiger partial charge in [-0.25, -0.2) is 0 Å². The molecule has 0 radical (unpaired) electrons. The van der Waals surface area contributed by atoms with E-state index in [1.807, 2.05) is 12.1 Å². The second-order valence-electron chi connectivity index (χ2n) is 6.16. The van der Waals surface area contributed by atoms with Crippen LogP contribution >= 0.6 is 0 Å². The van der Waals surface area contributed by atoms with E-state index in [4.69, 9.17) is 10.2 Å². The predicted octanol–water partition coefficient (Wildman–Crippen LogP) is 2.61. The molecule has 0 saturated carbocycles. The molecule has 1 aliphatic heterocycles. The van der Waals surface area contributed by atoms with Gasteiger partial charge >= 0.3 is 0 Å². The van der Waals surface area contributed by atoms with E-state index in [2.05, 4.69) is 25.7 Å². The molecule has 3 heteroatoms. The van der Waals surface area contributed by atoms with Crippen molar-refractivity contribution >= 4 is 0 Å². The minimum Gasteiger partial charge on any atom is -0.463 e. The Balaban J connectivity index is 1.89. The summed E-state index contributed by atoms with van der Waals surface area (Å²) in [7, 11) is 0. The molecule has 1 saturated heterocycles. The lowest BCUT2D eigenvalue weighted by atomic mass is 9.80. The third-order valence-electron chi connectivity index (χ3n) is 3.80. The zero-order valence-corrected chi connectivity index (χ0v) is 11.2. The van der Waals surface area contributed by atoms with Gasteiger partial charge in [-0.05, 0) is 36.4 Å². The molecule has 1 aliphatic rings. The average molecular weight is 236 g/mol. The van der Waals surface area contributed by atoms with Gasteiger partial charge in [-0.2, -0.15) is 0 Å². The van der Waals surface area contributed by atoms with Gasteiger partial charge in [-0.3, -0.25) is 4.90 Å². The van der Waals surface area contributed by atoms with Crippen molar-refractivity contribution < 1.29 is 4.42 Å². The Morgan fingerprint density at radius 3 is 2.59 bits per heavy atom. The molecule has 0 amide bonds. The van der Waals surface area contributed by atoms with Crippen molar-refractivity contribution in [1.29, 1.82) is 0 Å². The lowest BCUT2D eigenvalue weighted by molar-refractivity contribution is 0.218. The van der Waals surface area contributed by atoms with Gasteiger partial charge in [0.2, 0.25) is 0 Å². The number of rotatable bonds is 3. The lowest BCUT2D eigenvalue weighted by Gasteiger charge is -2.26. The third kappa shape index (κ3) is 3.11. The van der Waals surface area contributed by atoms with Crippen molar-refractivity contribution in [3.8, 4) is 0 Å².